The van der Waals surface area contributed by atoms with E-state index in [0.29, 0.717) is 11.5 Å². The number of aliphatic hydroxyl groups is 1. The van der Waals surface area contributed by atoms with Crippen molar-refractivity contribution >= 4 is 28.7 Å². The van der Waals surface area contributed by atoms with Crippen molar-refractivity contribution < 1.29 is 29.0 Å². The van der Waals surface area contributed by atoms with Crippen LogP contribution < -0.4 is 14.8 Å². The molecule has 2 aliphatic rings. The fourth-order valence-corrected chi connectivity index (χ4v) is 6.59. The second kappa shape index (κ2) is 14.4. The number of nitrogens with one attached hydrogen (secondary N) is 1. The summed E-state index contributed by atoms with van der Waals surface area (Å²) in [6, 6.07) is 23.5. The Labute approximate surface area is 275 Å². The predicted molar refractivity (Wildman–Crippen MR) is 181 cm³/mol. The summed E-state index contributed by atoms with van der Waals surface area (Å²) < 4.78 is 11.3. The molecule has 4 aromatic carbocycles. The lowest BCUT2D eigenvalue weighted by Crippen LogP contribution is -2.53. The fourth-order valence-electron chi connectivity index (χ4n) is 6.59. The van der Waals surface area contributed by atoms with Crippen molar-refractivity contribution in [1.82, 2.24) is 10.2 Å². The van der Waals surface area contributed by atoms with Crippen LogP contribution in [0.15, 0.2) is 78.9 Å². The lowest BCUT2D eigenvalue weighted by molar-refractivity contribution is -0.144. The van der Waals surface area contributed by atoms with E-state index >= 15 is 0 Å². The van der Waals surface area contributed by atoms with Gasteiger partial charge >= 0.3 is 18.0 Å². The molecule has 0 spiro atoms. The molecule has 0 saturated heterocycles. The van der Waals surface area contributed by atoms with Gasteiger partial charge in [-0.1, -0.05) is 68.4 Å². The number of fused-ring (bicyclic) bond motifs is 3. The maximum absolute atomic E-state index is 13.8. The molecule has 0 fully saturated rings. The highest BCUT2D eigenvalue weighted by Crippen LogP contribution is 2.28. The van der Waals surface area contributed by atoms with Crippen LogP contribution in [0.1, 0.15) is 54.5 Å². The first-order chi connectivity index (χ1) is 22.7. The fraction of sp³-hybridized carbons (Fsp3) is 0.359. The molecule has 4 aromatic rings. The Bertz CT molecular complexity index is 1780. The number of carbonyl (C=O) groups is 3. The predicted octanol–water partition coefficient (Wildman–Crippen LogP) is 5.97. The highest BCUT2D eigenvalue weighted by molar-refractivity contribution is 5.87. The maximum Gasteiger partial charge on any atom is 0.342 e. The van der Waals surface area contributed by atoms with Crippen LogP contribution in [-0.2, 0) is 41.7 Å². The molecule has 0 saturated carbocycles. The van der Waals surface area contributed by atoms with Crippen LogP contribution in [0.25, 0.3) is 10.8 Å². The number of benzene rings is 4. The van der Waals surface area contributed by atoms with Crippen LogP contribution >= 0.6 is 0 Å². The van der Waals surface area contributed by atoms with E-state index in [9.17, 15) is 19.5 Å². The molecule has 0 radical (unpaired) electrons. The summed E-state index contributed by atoms with van der Waals surface area (Å²) in [7, 11) is 0. The molecule has 0 heterocycles. The van der Waals surface area contributed by atoms with Crippen LogP contribution in [-0.4, -0.2) is 53.2 Å². The third-order valence-electron chi connectivity index (χ3n) is 8.95. The van der Waals surface area contributed by atoms with E-state index in [-0.39, 0.29) is 25.4 Å². The zero-order valence-corrected chi connectivity index (χ0v) is 27.0. The van der Waals surface area contributed by atoms with Crippen LogP contribution in [0.2, 0.25) is 0 Å². The molecule has 6 rings (SSSR count). The van der Waals surface area contributed by atoms with Gasteiger partial charge in [-0.15, -0.1) is 0 Å². The summed E-state index contributed by atoms with van der Waals surface area (Å²) >= 11 is 0. The van der Waals surface area contributed by atoms with Crippen molar-refractivity contribution in [1.29, 1.82) is 0 Å². The zero-order chi connectivity index (χ0) is 32.9. The van der Waals surface area contributed by atoms with Crippen molar-refractivity contribution in [2.75, 3.05) is 13.1 Å². The van der Waals surface area contributed by atoms with Gasteiger partial charge in [0.25, 0.3) is 0 Å². The van der Waals surface area contributed by atoms with Gasteiger partial charge in [0.15, 0.2) is 6.10 Å². The number of esters is 2. The van der Waals surface area contributed by atoms with Crippen LogP contribution in [0.4, 0.5) is 4.79 Å². The van der Waals surface area contributed by atoms with Crippen molar-refractivity contribution in [3.8, 4) is 11.5 Å². The molecule has 2 aliphatic carbocycles. The van der Waals surface area contributed by atoms with Crippen molar-refractivity contribution in [2.45, 2.75) is 70.9 Å². The summed E-state index contributed by atoms with van der Waals surface area (Å²) in [4.78, 5) is 41.8. The second-order valence-electron chi connectivity index (χ2n) is 13.1. The largest absolute Gasteiger partial charge is 0.425 e. The van der Waals surface area contributed by atoms with E-state index < -0.39 is 30.1 Å². The minimum atomic E-state index is -1.58. The van der Waals surface area contributed by atoms with Gasteiger partial charge in [-0.2, -0.15) is 0 Å². The van der Waals surface area contributed by atoms with Crippen LogP contribution in [0.5, 0.6) is 11.5 Å². The molecule has 2 N–H and O–H groups in total. The van der Waals surface area contributed by atoms with E-state index in [1.807, 2.05) is 80.6 Å². The Morgan fingerprint density at radius 2 is 1.32 bits per heavy atom. The minimum absolute atomic E-state index is 0.0259. The smallest absolute Gasteiger partial charge is 0.342 e. The van der Waals surface area contributed by atoms with Gasteiger partial charge in [0.05, 0.1) is 6.54 Å². The minimum Gasteiger partial charge on any atom is -0.425 e. The Balaban J connectivity index is 1.18. The molecule has 2 atom stereocenters. The topological polar surface area (TPSA) is 105 Å². The van der Waals surface area contributed by atoms with E-state index in [4.69, 9.17) is 9.47 Å². The number of carbonyl (C=O) groups excluding carboxylic acids is 3. The van der Waals surface area contributed by atoms with Gasteiger partial charge in [-0.25, -0.2) is 14.4 Å². The number of hydrogen-bond acceptors (Lipinski definition) is 6. The summed E-state index contributed by atoms with van der Waals surface area (Å²) in [5, 5.41) is 15.8. The van der Waals surface area contributed by atoms with Crippen molar-refractivity contribution in [2.24, 2.45) is 5.92 Å². The monoisotopic (exact) mass is 634 g/mol. The highest BCUT2D eigenvalue weighted by atomic mass is 16.6. The van der Waals surface area contributed by atoms with Crippen molar-refractivity contribution in [3.05, 3.63) is 107 Å². The summed E-state index contributed by atoms with van der Waals surface area (Å²) in [5.74, 6) is -0.590. The van der Waals surface area contributed by atoms with Gasteiger partial charge in [-0.3, -0.25) is 0 Å². The molecule has 8 nitrogen and oxygen atoms in total. The molecule has 0 aromatic heterocycles. The summed E-state index contributed by atoms with van der Waals surface area (Å²) in [6.07, 6.45) is 4.66. The zero-order valence-electron chi connectivity index (χ0n) is 27.0. The molecular formula is C39H42N2O6. The average molecular weight is 635 g/mol. The lowest BCUT2D eigenvalue weighted by Gasteiger charge is -2.28. The van der Waals surface area contributed by atoms with Crippen LogP contribution in [0, 0.1) is 5.92 Å². The summed E-state index contributed by atoms with van der Waals surface area (Å²) in [5.41, 5.74) is 5.69. The number of aliphatic hydroxyl groups excluding tert-OH is 1. The number of ether oxygens (including phenoxy) is 2. The first-order valence-electron chi connectivity index (χ1n) is 16.6. The van der Waals surface area contributed by atoms with Crippen molar-refractivity contribution in [3.63, 3.8) is 0 Å². The molecule has 0 aliphatic heterocycles. The molecular weight excluding hydrogens is 592 g/mol. The molecule has 244 valence electrons. The second-order valence-corrected chi connectivity index (χ2v) is 13.1. The quantitative estimate of drug-likeness (QED) is 0.156. The van der Waals surface area contributed by atoms with Gasteiger partial charge < -0.3 is 24.8 Å². The van der Waals surface area contributed by atoms with E-state index in [0.717, 1.165) is 60.4 Å². The highest BCUT2D eigenvalue weighted by Gasteiger charge is 2.30. The average Bonchev–Trinajstić information content (AvgIpc) is 3.73. The van der Waals surface area contributed by atoms with E-state index in [2.05, 4.69) is 5.32 Å². The molecule has 47 heavy (non-hydrogen) atoms. The molecule has 8 heteroatoms. The molecule has 0 bridgehead atoms. The first kappa shape index (κ1) is 32.3. The Kier molecular flexibility index (Phi) is 9.87. The van der Waals surface area contributed by atoms with Gasteiger partial charge in [0, 0.05) is 13.0 Å². The third kappa shape index (κ3) is 8.00. The number of rotatable bonds is 11. The SMILES string of the molecule is CC(C)CN(CC(O)C(=O)Oc1ccc2c(c1)CCC2)C(=O)N[C@@H](Cc1ccc2ccccc2c1)C(=O)Oc1ccc2c(c1)CCC2. The van der Waals surface area contributed by atoms with Gasteiger partial charge in [0.2, 0.25) is 0 Å². The maximum atomic E-state index is 13.8. The van der Waals surface area contributed by atoms with Gasteiger partial charge in [-0.05, 0) is 107 Å². The normalized spacial score (nSPS) is 14.7. The number of nitrogens with zero attached hydrogens (tertiary/aromatic N) is 1. The van der Waals surface area contributed by atoms with E-state index in [1.165, 1.54) is 21.6 Å². The van der Waals surface area contributed by atoms with Crippen LogP contribution in [0.3, 0.4) is 0 Å². The van der Waals surface area contributed by atoms with Gasteiger partial charge in [0.1, 0.15) is 17.5 Å². The molecule has 2 amide bonds. The summed E-state index contributed by atoms with van der Waals surface area (Å²) in [6.45, 7) is 3.82. The van der Waals surface area contributed by atoms with E-state index in [1.54, 1.807) is 12.1 Å². The Morgan fingerprint density at radius 3 is 1.96 bits per heavy atom. The number of aryl methyl sites for hydroxylation is 4. The number of hydrogen-bond donors (Lipinski definition) is 2. The number of urea groups is 1. The Morgan fingerprint density at radius 1 is 0.723 bits per heavy atom. The first-order valence-corrected chi connectivity index (χ1v) is 16.6. The lowest BCUT2D eigenvalue weighted by atomic mass is 10.0. The Hall–Kier alpha value is -4.69. The molecule has 1 unspecified atom stereocenters. The third-order valence-corrected chi connectivity index (χ3v) is 8.95. The number of amides is 2. The standard InChI is InChI=1S/C39H42N2O6/c1-25(2)23-41(24-36(42)38(44)47-34-18-16-29-10-6-12-32(29)22-34)39(45)40-35(20-26-13-14-27-7-3-4-8-30(27)19-26)37(43)46-33-17-15-28-9-5-11-31(28)21-33/h3-4,7-8,13-19,21-22,25,35-36,42H,5-6,9-12,20,23-24H2,1-2H3,(H,40,45)/t35-,36?/m0/s1.